The summed E-state index contributed by atoms with van der Waals surface area (Å²) in [6, 6.07) is 63.9. The molecule has 7 aromatic carbocycles. The molecule has 10 rings (SSSR count). The maximum Gasteiger partial charge on any atom is 0.143 e. The third kappa shape index (κ3) is 4.40. The van der Waals surface area contributed by atoms with Crippen LogP contribution in [-0.4, -0.2) is 0 Å². The van der Waals surface area contributed by atoms with Gasteiger partial charge in [-0.2, -0.15) is 0 Å². The van der Waals surface area contributed by atoms with Gasteiger partial charge in [0.1, 0.15) is 11.2 Å². The van der Waals surface area contributed by atoms with E-state index in [-0.39, 0.29) is 11.8 Å². The Morgan fingerprint density at radius 3 is 1.69 bits per heavy atom. The molecule has 0 aliphatic heterocycles. The molecule has 8 aromatic rings. The molecule has 1 unspecified atom stereocenters. The Morgan fingerprint density at radius 2 is 1.00 bits per heavy atom. The van der Waals surface area contributed by atoms with Crippen molar-refractivity contribution in [2.45, 2.75) is 11.8 Å². The van der Waals surface area contributed by atoms with Gasteiger partial charge in [-0.3, -0.25) is 0 Å². The average molecular weight is 625 g/mol. The van der Waals surface area contributed by atoms with Crippen LogP contribution in [0.3, 0.4) is 0 Å². The number of para-hydroxylation sites is 1. The fourth-order valence-electron chi connectivity index (χ4n) is 8.36. The lowest BCUT2D eigenvalue weighted by molar-refractivity contribution is 0.667. The Balaban J connectivity index is 1.34. The van der Waals surface area contributed by atoms with Crippen LogP contribution in [0.1, 0.15) is 50.8 Å². The number of allylic oxidation sites excluding steroid dienone is 4. The summed E-state index contributed by atoms with van der Waals surface area (Å²) < 4.78 is 6.90. The van der Waals surface area contributed by atoms with Crippen LogP contribution < -0.4 is 0 Å². The van der Waals surface area contributed by atoms with Gasteiger partial charge in [0, 0.05) is 28.2 Å². The molecule has 2 aliphatic rings. The van der Waals surface area contributed by atoms with Gasteiger partial charge in [0.2, 0.25) is 0 Å². The van der Waals surface area contributed by atoms with Gasteiger partial charge in [0.25, 0.3) is 0 Å². The maximum absolute atomic E-state index is 6.90. The Bertz CT molecular complexity index is 2540. The third-order valence-corrected chi connectivity index (χ3v) is 10.4. The van der Waals surface area contributed by atoms with Gasteiger partial charge in [-0.15, -0.1) is 0 Å². The van der Waals surface area contributed by atoms with E-state index in [1.807, 2.05) is 0 Å². The molecule has 0 amide bonds. The smallest absolute Gasteiger partial charge is 0.143 e. The first-order chi connectivity index (χ1) is 24.3. The first kappa shape index (κ1) is 27.9. The highest BCUT2D eigenvalue weighted by molar-refractivity contribution is 6.24. The van der Waals surface area contributed by atoms with Gasteiger partial charge in [-0.05, 0) is 79.4 Å². The average Bonchev–Trinajstić information content (AvgIpc) is 3.86. The second kappa shape index (κ2) is 11.2. The van der Waals surface area contributed by atoms with Crippen molar-refractivity contribution in [1.29, 1.82) is 0 Å². The summed E-state index contributed by atoms with van der Waals surface area (Å²) in [5.41, 5.74) is 17.1. The predicted octanol–water partition coefficient (Wildman–Crippen LogP) is 12.5. The summed E-state index contributed by atoms with van der Waals surface area (Å²) in [7, 11) is 0. The van der Waals surface area contributed by atoms with Crippen LogP contribution in [0.25, 0.3) is 49.8 Å². The van der Waals surface area contributed by atoms with Gasteiger partial charge < -0.3 is 4.42 Å². The summed E-state index contributed by atoms with van der Waals surface area (Å²) in [6.07, 6.45) is 2.48. The van der Waals surface area contributed by atoms with Gasteiger partial charge in [-0.25, -0.2) is 0 Å². The molecule has 49 heavy (non-hydrogen) atoms. The molecule has 0 N–H and O–H groups in total. The molecule has 1 nitrogen and oxygen atoms in total. The largest absolute Gasteiger partial charge is 0.455 e. The highest BCUT2D eigenvalue weighted by Crippen LogP contribution is 2.55. The number of furan rings is 1. The lowest BCUT2D eigenvalue weighted by Gasteiger charge is -2.20. The standard InChI is InChI=1S/C48H32O/c1-4-16-31(17-5-1)40-30-41(32-18-6-2-7-19-32)47(46(40)33-20-8-3-9-21-33)43-29-34(28-42-37-24-14-15-27-44(37)49-48(42)43)45-38-25-12-10-22-35(38)36-23-11-13-26-39(36)45/h1-30,40,45H. The van der Waals surface area contributed by atoms with Crippen LogP contribution in [0, 0.1) is 0 Å². The number of fused-ring (bicyclic) bond motifs is 6. The molecule has 1 aromatic heterocycles. The molecule has 0 radical (unpaired) electrons. The van der Waals surface area contributed by atoms with Crippen LogP contribution >= 0.6 is 0 Å². The number of hydrogen-bond donors (Lipinski definition) is 0. The number of hydrogen-bond acceptors (Lipinski definition) is 1. The quantitative estimate of drug-likeness (QED) is 0.186. The summed E-state index contributed by atoms with van der Waals surface area (Å²) >= 11 is 0. The topological polar surface area (TPSA) is 13.1 Å². The molecule has 0 bridgehead atoms. The van der Waals surface area contributed by atoms with Gasteiger partial charge in [0.05, 0.1) is 0 Å². The summed E-state index contributed by atoms with van der Waals surface area (Å²) in [5, 5.41) is 2.30. The molecular formula is C48H32O. The first-order valence-electron chi connectivity index (χ1n) is 17.1. The van der Waals surface area contributed by atoms with E-state index < -0.39 is 0 Å². The molecule has 1 heteroatoms. The van der Waals surface area contributed by atoms with Gasteiger partial charge in [-0.1, -0.05) is 164 Å². The third-order valence-electron chi connectivity index (χ3n) is 10.4. The van der Waals surface area contributed by atoms with E-state index in [1.165, 1.54) is 61.2 Å². The molecule has 0 saturated heterocycles. The second-order valence-corrected chi connectivity index (χ2v) is 13.1. The molecule has 1 atom stereocenters. The molecule has 0 spiro atoms. The molecule has 0 fully saturated rings. The van der Waals surface area contributed by atoms with E-state index in [1.54, 1.807) is 0 Å². The zero-order valence-electron chi connectivity index (χ0n) is 26.9. The Labute approximate surface area is 286 Å². The first-order valence-corrected chi connectivity index (χ1v) is 17.1. The lowest BCUT2D eigenvalue weighted by Crippen LogP contribution is -2.02. The Kier molecular flexibility index (Phi) is 6.38. The fourth-order valence-corrected chi connectivity index (χ4v) is 8.36. The monoisotopic (exact) mass is 624 g/mol. The van der Waals surface area contributed by atoms with E-state index >= 15 is 0 Å². The molecule has 230 valence electrons. The van der Waals surface area contributed by atoms with E-state index in [0.717, 1.165) is 27.5 Å². The number of rotatable bonds is 5. The second-order valence-electron chi connectivity index (χ2n) is 13.1. The summed E-state index contributed by atoms with van der Waals surface area (Å²) in [4.78, 5) is 0. The Hall–Kier alpha value is -6.18. The van der Waals surface area contributed by atoms with Crippen molar-refractivity contribution >= 4 is 38.7 Å². The van der Waals surface area contributed by atoms with Crippen LogP contribution in [0.5, 0.6) is 0 Å². The molecule has 2 aliphatic carbocycles. The Morgan fingerprint density at radius 1 is 0.429 bits per heavy atom. The molecular weight excluding hydrogens is 593 g/mol. The van der Waals surface area contributed by atoms with E-state index in [2.05, 4.69) is 182 Å². The van der Waals surface area contributed by atoms with Crippen LogP contribution in [0.4, 0.5) is 0 Å². The van der Waals surface area contributed by atoms with E-state index in [9.17, 15) is 0 Å². The van der Waals surface area contributed by atoms with Crippen molar-refractivity contribution in [3.8, 4) is 11.1 Å². The minimum absolute atomic E-state index is 0.0739. The van der Waals surface area contributed by atoms with Crippen molar-refractivity contribution in [2.75, 3.05) is 0 Å². The van der Waals surface area contributed by atoms with Crippen molar-refractivity contribution < 1.29 is 4.42 Å². The molecule has 1 heterocycles. The fraction of sp³-hybridized carbons (Fsp3) is 0.0417. The maximum atomic E-state index is 6.90. The summed E-state index contributed by atoms with van der Waals surface area (Å²) in [5.74, 6) is 0.185. The number of benzene rings is 7. The lowest BCUT2D eigenvalue weighted by atomic mass is 9.82. The normalized spacial score (nSPS) is 15.5. The van der Waals surface area contributed by atoms with Crippen molar-refractivity contribution in [2.24, 2.45) is 0 Å². The SMILES string of the molecule is C1=C(c2ccccc2)C(c2cc(C3c4ccccc4-c4ccccc43)cc3c2oc2ccccc23)=C(c2ccccc2)C1c1ccccc1. The van der Waals surface area contributed by atoms with Crippen molar-refractivity contribution in [3.63, 3.8) is 0 Å². The van der Waals surface area contributed by atoms with Crippen molar-refractivity contribution in [1.82, 2.24) is 0 Å². The van der Waals surface area contributed by atoms with Crippen LogP contribution in [0.2, 0.25) is 0 Å². The van der Waals surface area contributed by atoms with E-state index in [0.29, 0.717) is 0 Å². The zero-order chi connectivity index (χ0) is 32.3. The highest BCUT2D eigenvalue weighted by Gasteiger charge is 2.35. The van der Waals surface area contributed by atoms with Gasteiger partial charge in [0.15, 0.2) is 0 Å². The predicted molar refractivity (Wildman–Crippen MR) is 203 cm³/mol. The van der Waals surface area contributed by atoms with Crippen LogP contribution in [0.15, 0.2) is 186 Å². The minimum Gasteiger partial charge on any atom is -0.455 e. The summed E-state index contributed by atoms with van der Waals surface area (Å²) in [6.45, 7) is 0. The van der Waals surface area contributed by atoms with E-state index in [4.69, 9.17) is 4.42 Å². The zero-order valence-corrected chi connectivity index (χ0v) is 26.9. The van der Waals surface area contributed by atoms with Crippen molar-refractivity contribution in [3.05, 3.63) is 221 Å². The van der Waals surface area contributed by atoms with Crippen LogP contribution in [-0.2, 0) is 0 Å². The minimum atomic E-state index is 0.0739. The molecule has 0 saturated carbocycles. The van der Waals surface area contributed by atoms with Gasteiger partial charge >= 0.3 is 0 Å². The highest BCUT2D eigenvalue weighted by atomic mass is 16.3.